The SMILES string of the molecule is CC1CCC(C)(c2ccc(Cl)cc2)N1. The van der Waals surface area contributed by atoms with E-state index in [9.17, 15) is 0 Å². The maximum atomic E-state index is 5.87. The van der Waals surface area contributed by atoms with E-state index in [-0.39, 0.29) is 5.54 Å². The van der Waals surface area contributed by atoms with Crippen LogP contribution in [0.15, 0.2) is 24.3 Å². The van der Waals surface area contributed by atoms with Crippen molar-refractivity contribution in [3.63, 3.8) is 0 Å². The molecular formula is C12H16ClN. The molecule has 2 unspecified atom stereocenters. The summed E-state index contributed by atoms with van der Waals surface area (Å²) in [6.07, 6.45) is 2.45. The molecule has 0 amide bonds. The number of nitrogens with one attached hydrogen (secondary N) is 1. The van der Waals surface area contributed by atoms with Crippen molar-refractivity contribution in [3.8, 4) is 0 Å². The lowest BCUT2D eigenvalue weighted by Gasteiger charge is -2.26. The highest BCUT2D eigenvalue weighted by molar-refractivity contribution is 6.30. The van der Waals surface area contributed by atoms with Crippen LogP contribution in [0.5, 0.6) is 0 Å². The molecule has 1 aliphatic rings. The van der Waals surface area contributed by atoms with Crippen LogP contribution in [-0.2, 0) is 5.54 Å². The first-order valence-corrected chi connectivity index (χ1v) is 5.52. The van der Waals surface area contributed by atoms with Gasteiger partial charge in [-0.15, -0.1) is 0 Å². The predicted molar refractivity (Wildman–Crippen MR) is 60.6 cm³/mol. The molecule has 1 aromatic rings. The zero-order valence-corrected chi connectivity index (χ0v) is 9.43. The van der Waals surface area contributed by atoms with Crippen molar-refractivity contribution >= 4 is 11.6 Å². The Kier molecular flexibility index (Phi) is 2.54. The van der Waals surface area contributed by atoms with E-state index in [1.807, 2.05) is 12.1 Å². The lowest BCUT2D eigenvalue weighted by molar-refractivity contribution is 0.413. The Morgan fingerprint density at radius 2 is 2.00 bits per heavy atom. The van der Waals surface area contributed by atoms with Crippen molar-refractivity contribution < 1.29 is 0 Å². The quantitative estimate of drug-likeness (QED) is 0.748. The van der Waals surface area contributed by atoms with Gasteiger partial charge in [-0.05, 0) is 44.4 Å². The molecular weight excluding hydrogens is 194 g/mol. The lowest BCUT2D eigenvalue weighted by atomic mass is 9.91. The van der Waals surface area contributed by atoms with Gasteiger partial charge in [-0.25, -0.2) is 0 Å². The molecule has 1 aliphatic heterocycles. The van der Waals surface area contributed by atoms with Gasteiger partial charge in [0.2, 0.25) is 0 Å². The number of benzene rings is 1. The first-order chi connectivity index (χ1) is 6.60. The summed E-state index contributed by atoms with van der Waals surface area (Å²) in [4.78, 5) is 0. The Bertz CT molecular complexity index is 320. The van der Waals surface area contributed by atoms with Gasteiger partial charge in [0.25, 0.3) is 0 Å². The highest BCUT2D eigenvalue weighted by atomic mass is 35.5. The fourth-order valence-electron chi connectivity index (χ4n) is 2.24. The van der Waals surface area contributed by atoms with Crippen LogP contribution in [0.3, 0.4) is 0 Å². The van der Waals surface area contributed by atoms with Gasteiger partial charge in [-0.2, -0.15) is 0 Å². The standard InChI is InChI=1S/C12H16ClN/c1-9-7-8-12(2,14-9)10-3-5-11(13)6-4-10/h3-6,9,14H,7-8H2,1-2H3. The molecule has 0 saturated carbocycles. The molecule has 1 saturated heterocycles. The van der Waals surface area contributed by atoms with E-state index >= 15 is 0 Å². The molecule has 2 heteroatoms. The van der Waals surface area contributed by atoms with Crippen LogP contribution in [0.1, 0.15) is 32.3 Å². The topological polar surface area (TPSA) is 12.0 Å². The summed E-state index contributed by atoms with van der Waals surface area (Å²) in [5.74, 6) is 0. The van der Waals surface area contributed by atoms with E-state index in [1.54, 1.807) is 0 Å². The van der Waals surface area contributed by atoms with Crippen molar-refractivity contribution in [2.45, 2.75) is 38.3 Å². The summed E-state index contributed by atoms with van der Waals surface area (Å²) >= 11 is 5.87. The van der Waals surface area contributed by atoms with Gasteiger partial charge in [0, 0.05) is 16.6 Å². The summed E-state index contributed by atoms with van der Waals surface area (Å²) in [6.45, 7) is 4.50. The van der Waals surface area contributed by atoms with Gasteiger partial charge >= 0.3 is 0 Å². The second-order valence-electron chi connectivity index (χ2n) is 4.42. The summed E-state index contributed by atoms with van der Waals surface area (Å²) < 4.78 is 0. The first-order valence-electron chi connectivity index (χ1n) is 5.14. The Morgan fingerprint density at radius 1 is 1.36 bits per heavy atom. The molecule has 14 heavy (non-hydrogen) atoms. The average Bonchev–Trinajstić information content (AvgIpc) is 2.48. The summed E-state index contributed by atoms with van der Waals surface area (Å²) in [6, 6.07) is 8.79. The van der Waals surface area contributed by atoms with Crippen molar-refractivity contribution in [1.82, 2.24) is 5.32 Å². The highest BCUT2D eigenvalue weighted by Gasteiger charge is 2.33. The zero-order chi connectivity index (χ0) is 10.2. The number of hydrogen-bond acceptors (Lipinski definition) is 1. The minimum absolute atomic E-state index is 0.143. The fraction of sp³-hybridized carbons (Fsp3) is 0.500. The third kappa shape index (κ3) is 1.79. The maximum absolute atomic E-state index is 5.87. The predicted octanol–water partition coefficient (Wildman–Crippen LogP) is 3.33. The molecule has 0 aliphatic carbocycles. The Labute approximate surface area is 90.5 Å². The monoisotopic (exact) mass is 209 g/mol. The molecule has 0 spiro atoms. The van der Waals surface area contributed by atoms with Gasteiger partial charge < -0.3 is 5.32 Å². The van der Waals surface area contributed by atoms with Gasteiger partial charge in [-0.3, -0.25) is 0 Å². The van der Waals surface area contributed by atoms with Crippen LogP contribution < -0.4 is 5.32 Å². The third-order valence-corrected chi connectivity index (χ3v) is 3.38. The molecule has 1 heterocycles. The Hall–Kier alpha value is -0.530. The molecule has 76 valence electrons. The number of halogens is 1. The highest BCUT2D eigenvalue weighted by Crippen LogP contribution is 2.33. The van der Waals surface area contributed by atoms with Gasteiger partial charge in [0.05, 0.1) is 0 Å². The van der Waals surface area contributed by atoms with Crippen molar-refractivity contribution in [1.29, 1.82) is 0 Å². The van der Waals surface area contributed by atoms with Gasteiger partial charge in [0.1, 0.15) is 0 Å². The van der Waals surface area contributed by atoms with Crippen LogP contribution in [0.25, 0.3) is 0 Å². The smallest absolute Gasteiger partial charge is 0.0408 e. The molecule has 1 N–H and O–H groups in total. The molecule has 1 fully saturated rings. The Balaban J connectivity index is 2.26. The molecule has 0 bridgehead atoms. The van der Waals surface area contributed by atoms with Crippen molar-refractivity contribution in [3.05, 3.63) is 34.9 Å². The molecule has 2 atom stereocenters. The molecule has 2 rings (SSSR count). The van der Waals surface area contributed by atoms with Crippen LogP contribution in [-0.4, -0.2) is 6.04 Å². The zero-order valence-electron chi connectivity index (χ0n) is 8.68. The normalized spacial score (nSPS) is 32.1. The van der Waals surface area contributed by atoms with Crippen LogP contribution in [0.2, 0.25) is 5.02 Å². The number of rotatable bonds is 1. The molecule has 0 aromatic heterocycles. The van der Waals surface area contributed by atoms with Gasteiger partial charge in [0.15, 0.2) is 0 Å². The van der Waals surface area contributed by atoms with E-state index in [2.05, 4.69) is 31.3 Å². The largest absolute Gasteiger partial charge is 0.305 e. The van der Waals surface area contributed by atoms with E-state index in [4.69, 9.17) is 11.6 Å². The van der Waals surface area contributed by atoms with Crippen molar-refractivity contribution in [2.75, 3.05) is 0 Å². The molecule has 0 radical (unpaired) electrons. The number of hydrogen-bond donors (Lipinski definition) is 1. The third-order valence-electron chi connectivity index (χ3n) is 3.12. The van der Waals surface area contributed by atoms with E-state index in [0.717, 1.165) is 5.02 Å². The minimum Gasteiger partial charge on any atom is -0.305 e. The minimum atomic E-state index is 0.143. The van der Waals surface area contributed by atoms with Gasteiger partial charge in [-0.1, -0.05) is 23.7 Å². The summed E-state index contributed by atoms with van der Waals surface area (Å²) in [5.41, 5.74) is 1.48. The molecule has 1 nitrogen and oxygen atoms in total. The van der Waals surface area contributed by atoms with Crippen LogP contribution in [0.4, 0.5) is 0 Å². The molecule has 1 aromatic carbocycles. The average molecular weight is 210 g/mol. The van der Waals surface area contributed by atoms with E-state index in [1.165, 1.54) is 18.4 Å². The Morgan fingerprint density at radius 3 is 2.50 bits per heavy atom. The first kappa shape index (κ1) is 10.0. The van der Waals surface area contributed by atoms with E-state index in [0.29, 0.717) is 6.04 Å². The fourth-order valence-corrected chi connectivity index (χ4v) is 2.36. The summed E-state index contributed by atoms with van der Waals surface area (Å²) in [5, 5.41) is 4.43. The second kappa shape index (κ2) is 3.56. The van der Waals surface area contributed by atoms with Crippen LogP contribution in [0, 0.1) is 0 Å². The maximum Gasteiger partial charge on any atom is 0.0408 e. The summed E-state index contributed by atoms with van der Waals surface area (Å²) in [7, 11) is 0. The van der Waals surface area contributed by atoms with E-state index < -0.39 is 0 Å². The van der Waals surface area contributed by atoms with Crippen molar-refractivity contribution in [2.24, 2.45) is 0 Å². The lowest BCUT2D eigenvalue weighted by Crippen LogP contribution is -2.36. The second-order valence-corrected chi connectivity index (χ2v) is 4.86. The van der Waals surface area contributed by atoms with Crippen LogP contribution >= 0.6 is 11.6 Å².